The largest absolute Gasteiger partial charge is 0.497 e. The van der Waals surface area contributed by atoms with Crippen LogP contribution in [0.3, 0.4) is 0 Å². The molecule has 27 heavy (non-hydrogen) atoms. The fourth-order valence-electron chi connectivity index (χ4n) is 4.86. The molecule has 0 N–H and O–H groups in total. The minimum absolute atomic E-state index is 0.541. The van der Waals surface area contributed by atoms with E-state index < -0.39 is 0 Å². The van der Waals surface area contributed by atoms with Gasteiger partial charge in [-0.25, -0.2) is 4.98 Å². The van der Waals surface area contributed by atoms with Crippen LogP contribution in [0, 0.1) is 0 Å². The lowest BCUT2D eigenvalue weighted by Gasteiger charge is -2.30. The molecule has 0 radical (unpaired) electrons. The van der Waals surface area contributed by atoms with E-state index >= 15 is 0 Å². The van der Waals surface area contributed by atoms with Crippen molar-refractivity contribution in [1.82, 2.24) is 14.5 Å². The van der Waals surface area contributed by atoms with Crippen molar-refractivity contribution < 1.29 is 4.74 Å². The maximum absolute atomic E-state index is 6.32. The number of nitrogens with zero attached hydrogens (tertiary/aromatic N) is 3. The van der Waals surface area contributed by atoms with Crippen molar-refractivity contribution in [3.8, 4) is 5.75 Å². The van der Waals surface area contributed by atoms with Crippen LogP contribution in [0.5, 0.6) is 5.75 Å². The van der Waals surface area contributed by atoms with Gasteiger partial charge in [0, 0.05) is 42.8 Å². The second-order valence-electron chi connectivity index (χ2n) is 7.58. The third-order valence-corrected chi connectivity index (χ3v) is 6.34. The molecule has 3 aromatic rings. The number of fused-ring (bicyclic) bond motifs is 5. The summed E-state index contributed by atoms with van der Waals surface area (Å²) in [6.07, 6.45) is 6.40. The first kappa shape index (κ1) is 17.1. The first-order chi connectivity index (χ1) is 13.2. The van der Waals surface area contributed by atoms with Crippen molar-refractivity contribution >= 4 is 22.6 Å². The van der Waals surface area contributed by atoms with Crippen molar-refractivity contribution in [1.29, 1.82) is 0 Å². The van der Waals surface area contributed by atoms with Gasteiger partial charge in [0.1, 0.15) is 11.4 Å². The summed E-state index contributed by atoms with van der Waals surface area (Å²) >= 11 is 6.32. The number of rotatable bonds is 4. The monoisotopic (exact) mass is 381 g/mol. The van der Waals surface area contributed by atoms with Gasteiger partial charge in [-0.05, 0) is 55.1 Å². The zero-order valence-electron chi connectivity index (χ0n) is 15.6. The summed E-state index contributed by atoms with van der Waals surface area (Å²) in [7, 11) is 1.70. The molecule has 4 nitrogen and oxygen atoms in total. The van der Waals surface area contributed by atoms with Crippen LogP contribution in [0.2, 0.25) is 5.02 Å². The van der Waals surface area contributed by atoms with E-state index in [0.717, 1.165) is 42.4 Å². The van der Waals surface area contributed by atoms with Crippen LogP contribution in [0.25, 0.3) is 11.0 Å². The Labute approximate surface area is 164 Å². The summed E-state index contributed by atoms with van der Waals surface area (Å²) in [5.41, 5.74) is 5.36. The second kappa shape index (κ2) is 6.84. The molecule has 0 bridgehead atoms. The molecule has 0 aliphatic carbocycles. The Hall–Kier alpha value is -2.04. The van der Waals surface area contributed by atoms with Gasteiger partial charge in [0.25, 0.3) is 0 Å². The molecular weight excluding hydrogens is 358 g/mol. The fourth-order valence-corrected chi connectivity index (χ4v) is 5.02. The maximum atomic E-state index is 6.32. The Morgan fingerprint density at radius 3 is 2.89 bits per heavy atom. The SMILES string of the molecule is COc1ccc(CCn2c3c(c4cc(Cl)cnc42)C2CCCN2CC3)cc1. The molecule has 0 saturated carbocycles. The summed E-state index contributed by atoms with van der Waals surface area (Å²) in [5.74, 6) is 0.903. The Kier molecular flexibility index (Phi) is 4.33. The van der Waals surface area contributed by atoms with Gasteiger partial charge in [-0.15, -0.1) is 0 Å². The molecule has 2 aliphatic heterocycles. The van der Waals surface area contributed by atoms with E-state index in [0.29, 0.717) is 6.04 Å². The lowest BCUT2D eigenvalue weighted by Crippen LogP contribution is -2.31. The van der Waals surface area contributed by atoms with Gasteiger partial charge in [0.15, 0.2) is 0 Å². The van der Waals surface area contributed by atoms with E-state index in [9.17, 15) is 0 Å². The van der Waals surface area contributed by atoms with Crippen LogP contribution in [0.4, 0.5) is 0 Å². The lowest BCUT2D eigenvalue weighted by molar-refractivity contribution is 0.242. The third-order valence-electron chi connectivity index (χ3n) is 6.13. The highest BCUT2D eigenvalue weighted by molar-refractivity contribution is 6.31. The summed E-state index contributed by atoms with van der Waals surface area (Å²) in [6, 6.07) is 11.0. The van der Waals surface area contributed by atoms with Gasteiger partial charge < -0.3 is 9.30 Å². The summed E-state index contributed by atoms with van der Waals surface area (Å²) < 4.78 is 7.72. The Bertz CT molecular complexity index is 979. The molecule has 1 saturated heterocycles. The molecule has 1 atom stereocenters. The number of hydrogen-bond acceptors (Lipinski definition) is 3. The number of methoxy groups -OCH3 is 1. The second-order valence-corrected chi connectivity index (χ2v) is 8.02. The number of hydrogen-bond donors (Lipinski definition) is 0. The van der Waals surface area contributed by atoms with E-state index in [-0.39, 0.29) is 0 Å². The van der Waals surface area contributed by atoms with Crippen LogP contribution >= 0.6 is 11.6 Å². The summed E-state index contributed by atoms with van der Waals surface area (Å²) in [5, 5.41) is 1.98. The fraction of sp³-hybridized carbons (Fsp3) is 0.409. The maximum Gasteiger partial charge on any atom is 0.140 e. The van der Waals surface area contributed by atoms with Crippen LogP contribution < -0.4 is 4.74 Å². The van der Waals surface area contributed by atoms with E-state index in [1.165, 1.54) is 41.6 Å². The van der Waals surface area contributed by atoms with Crippen LogP contribution in [0.1, 0.15) is 35.7 Å². The van der Waals surface area contributed by atoms with E-state index in [1.807, 2.05) is 12.1 Å². The van der Waals surface area contributed by atoms with Crippen molar-refractivity contribution in [2.75, 3.05) is 20.2 Å². The molecule has 2 aromatic heterocycles. The number of benzene rings is 1. The molecule has 0 amide bonds. The normalized spacial score (nSPS) is 19.3. The highest BCUT2D eigenvalue weighted by atomic mass is 35.5. The molecule has 1 fully saturated rings. The molecule has 140 valence electrons. The molecule has 0 spiro atoms. The number of pyridine rings is 1. The number of aromatic nitrogens is 2. The van der Waals surface area contributed by atoms with Gasteiger partial charge in [-0.1, -0.05) is 23.7 Å². The van der Waals surface area contributed by atoms with Gasteiger partial charge in [-0.3, -0.25) is 4.90 Å². The topological polar surface area (TPSA) is 30.3 Å². The molecule has 1 unspecified atom stereocenters. The highest BCUT2D eigenvalue weighted by Crippen LogP contribution is 2.43. The van der Waals surface area contributed by atoms with E-state index in [1.54, 1.807) is 13.3 Å². The molecule has 4 heterocycles. The Morgan fingerprint density at radius 2 is 2.07 bits per heavy atom. The van der Waals surface area contributed by atoms with Crippen molar-refractivity contribution in [3.63, 3.8) is 0 Å². The number of halogens is 1. The smallest absolute Gasteiger partial charge is 0.140 e. The van der Waals surface area contributed by atoms with Crippen molar-refractivity contribution in [3.05, 3.63) is 58.4 Å². The van der Waals surface area contributed by atoms with Crippen molar-refractivity contribution in [2.24, 2.45) is 0 Å². The first-order valence-electron chi connectivity index (χ1n) is 9.78. The van der Waals surface area contributed by atoms with Gasteiger partial charge in [0.2, 0.25) is 0 Å². The van der Waals surface area contributed by atoms with Crippen LogP contribution in [-0.4, -0.2) is 34.7 Å². The predicted octanol–water partition coefficient (Wildman–Crippen LogP) is 4.63. The van der Waals surface area contributed by atoms with Gasteiger partial charge in [-0.2, -0.15) is 0 Å². The minimum Gasteiger partial charge on any atom is -0.497 e. The number of aryl methyl sites for hydroxylation is 2. The Morgan fingerprint density at radius 1 is 1.22 bits per heavy atom. The van der Waals surface area contributed by atoms with Crippen LogP contribution in [-0.2, 0) is 19.4 Å². The van der Waals surface area contributed by atoms with E-state index in [4.69, 9.17) is 21.3 Å². The standard InChI is InChI=1S/C22H24ClN3O/c1-27-17-6-4-15(5-7-17)8-12-26-20-9-11-25-10-2-3-19(25)21(20)18-13-16(23)14-24-22(18)26/h4-7,13-14,19H,2-3,8-12H2,1H3. The summed E-state index contributed by atoms with van der Waals surface area (Å²) in [4.78, 5) is 7.37. The van der Waals surface area contributed by atoms with E-state index in [2.05, 4.69) is 27.7 Å². The highest BCUT2D eigenvalue weighted by Gasteiger charge is 2.35. The molecule has 5 rings (SSSR count). The minimum atomic E-state index is 0.541. The molecule has 1 aromatic carbocycles. The molecule has 5 heteroatoms. The zero-order chi connectivity index (χ0) is 18.4. The quantitative estimate of drug-likeness (QED) is 0.659. The third kappa shape index (κ3) is 2.91. The lowest BCUT2D eigenvalue weighted by atomic mass is 9.96. The number of ether oxygens (including phenoxy) is 1. The molecular formula is C22H24ClN3O. The van der Waals surface area contributed by atoms with Crippen LogP contribution in [0.15, 0.2) is 36.5 Å². The first-order valence-corrected chi connectivity index (χ1v) is 10.2. The van der Waals surface area contributed by atoms with Crippen molar-refractivity contribution in [2.45, 2.75) is 38.3 Å². The summed E-state index contributed by atoms with van der Waals surface area (Å²) in [6.45, 7) is 3.32. The zero-order valence-corrected chi connectivity index (χ0v) is 16.4. The average Bonchev–Trinajstić information content (AvgIpc) is 3.28. The average molecular weight is 382 g/mol. The van der Waals surface area contributed by atoms with Gasteiger partial charge in [0.05, 0.1) is 12.1 Å². The Balaban J connectivity index is 1.53. The predicted molar refractivity (Wildman–Crippen MR) is 109 cm³/mol. The van der Waals surface area contributed by atoms with Gasteiger partial charge >= 0.3 is 0 Å². The molecule has 2 aliphatic rings.